The Hall–Kier alpha value is -1.32. The van der Waals surface area contributed by atoms with Crippen molar-refractivity contribution in [2.24, 2.45) is 5.41 Å². The summed E-state index contributed by atoms with van der Waals surface area (Å²) < 4.78 is 5.14. The van der Waals surface area contributed by atoms with Crippen LogP contribution in [0, 0.1) is 12.3 Å². The van der Waals surface area contributed by atoms with Crippen molar-refractivity contribution in [3.05, 3.63) is 11.9 Å². The van der Waals surface area contributed by atoms with Gasteiger partial charge in [-0.15, -0.1) is 0 Å². The predicted molar refractivity (Wildman–Crippen MR) is 68.4 cm³/mol. The summed E-state index contributed by atoms with van der Waals surface area (Å²) in [5.74, 6) is 2.22. The summed E-state index contributed by atoms with van der Waals surface area (Å²) in [4.78, 5) is 8.55. The van der Waals surface area contributed by atoms with Crippen molar-refractivity contribution in [3.8, 4) is 5.88 Å². The molecule has 4 nitrogen and oxygen atoms in total. The van der Waals surface area contributed by atoms with Crippen molar-refractivity contribution in [1.29, 1.82) is 0 Å². The van der Waals surface area contributed by atoms with Crippen LogP contribution in [0.4, 0.5) is 5.82 Å². The van der Waals surface area contributed by atoms with Crippen LogP contribution < -0.4 is 10.1 Å². The fourth-order valence-corrected chi connectivity index (χ4v) is 2.44. The molecule has 0 radical (unpaired) electrons. The van der Waals surface area contributed by atoms with Gasteiger partial charge < -0.3 is 10.1 Å². The fourth-order valence-electron chi connectivity index (χ4n) is 2.44. The van der Waals surface area contributed by atoms with Crippen LogP contribution in [0.5, 0.6) is 5.88 Å². The van der Waals surface area contributed by atoms with Crippen LogP contribution in [-0.2, 0) is 0 Å². The molecule has 1 N–H and O–H groups in total. The molecule has 2 rings (SSSR count). The van der Waals surface area contributed by atoms with Gasteiger partial charge >= 0.3 is 0 Å². The largest absolute Gasteiger partial charge is 0.481 e. The van der Waals surface area contributed by atoms with Gasteiger partial charge in [0.15, 0.2) is 0 Å². The summed E-state index contributed by atoms with van der Waals surface area (Å²) >= 11 is 0. The van der Waals surface area contributed by atoms with Crippen molar-refractivity contribution < 1.29 is 4.74 Å². The van der Waals surface area contributed by atoms with E-state index in [0.717, 1.165) is 18.2 Å². The van der Waals surface area contributed by atoms with E-state index in [1.54, 1.807) is 7.11 Å². The van der Waals surface area contributed by atoms with Crippen LogP contribution in [0.3, 0.4) is 0 Å². The zero-order chi connectivity index (χ0) is 12.3. The first-order chi connectivity index (χ1) is 8.11. The molecule has 1 heterocycles. The van der Waals surface area contributed by atoms with Gasteiger partial charge in [-0.3, -0.25) is 0 Å². The van der Waals surface area contributed by atoms with Crippen LogP contribution in [0.15, 0.2) is 6.07 Å². The van der Waals surface area contributed by atoms with E-state index in [2.05, 4.69) is 22.2 Å². The highest BCUT2D eigenvalue weighted by molar-refractivity contribution is 5.38. The Kier molecular flexibility index (Phi) is 3.50. The van der Waals surface area contributed by atoms with Gasteiger partial charge in [-0.25, -0.2) is 4.98 Å². The molecule has 1 aromatic heterocycles. The number of ether oxygens (including phenoxy) is 1. The second-order valence-electron chi connectivity index (χ2n) is 5.21. The van der Waals surface area contributed by atoms with Crippen molar-refractivity contribution in [3.63, 3.8) is 0 Å². The Balaban J connectivity index is 2.00. The Morgan fingerprint density at radius 1 is 1.35 bits per heavy atom. The number of anilines is 1. The molecule has 1 saturated carbocycles. The number of rotatable bonds is 4. The highest BCUT2D eigenvalue weighted by atomic mass is 16.5. The molecule has 0 bridgehead atoms. The molecular formula is C13H21N3O. The summed E-state index contributed by atoms with van der Waals surface area (Å²) in [5, 5.41) is 3.41. The van der Waals surface area contributed by atoms with Crippen LogP contribution in [0.2, 0.25) is 0 Å². The molecule has 1 fully saturated rings. The van der Waals surface area contributed by atoms with Gasteiger partial charge in [-0.05, 0) is 25.2 Å². The van der Waals surface area contributed by atoms with E-state index in [0.29, 0.717) is 11.3 Å². The maximum atomic E-state index is 5.14. The average molecular weight is 235 g/mol. The van der Waals surface area contributed by atoms with Gasteiger partial charge in [0.05, 0.1) is 7.11 Å². The summed E-state index contributed by atoms with van der Waals surface area (Å²) in [6.45, 7) is 5.20. The summed E-state index contributed by atoms with van der Waals surface area (Å²) in [6.07, 6.45) is 5.32. The molecule has 4 heteroatoms. The van der Waals surface area contributed by atoms with E-state index in [1.165, 1.54) is 25.7 Å². The number of hydrogen-bond donors (Lipinski definition) is 1. The number of hydrogen-bond acceptors (Lipinski definition) is 4. The molecule has 1 aliphatic rings. The van der Waals surface area contributed by atoms with Crippen molar-refractivity contribution >= 4 is 5.82 Å². The zero-order valence-electron chi connectivity index (χ0n) is 10.9. The van der Waals surface area contributed by atoms with Crippen LogP contribution in [0.25, 0.3) is 0 Å². The lowest BCUT2D eigenvalue weighted by Gasteiger charge is -2.24. The molecule has 1 aromatic rings. The predicted octanol–water partition coefficient (Wildman–Crippen LogP) is 2.79. The van der Waals surface area contributed by atoms with Crippen molar-refractivity contribution in [2.75, 3.05) is 19.0 Å². The lowest BCUT2D eigenvalue weighted by atomic mass is 9.89. The van der Waals surface area contributed by atoms with E-state index in [-0.39, 0.29) is 0 Å². The van der Waals surface area contributed by atoms with Gasteiger partial charge in [-0.2, -0.15) is 4.98 Å². The standard InChI is InChI=1S/C13H21N3O/c1-10-15-11(8-12(16-10)17-3)14-9-13(2)6-4-5-7-13/h8H,4-7,9H2,1-3H3,(H,14,15,16). The second kappa shape index (κ2) is 4.90. The third-order valence-corrected chi connectivity index (χ3v) is 3.53. The van der Waals surface area contributed by atoms with Gasteiger partial charge in [0.1, 0.15) is 11.6 Å². The molecule has 0 aromatic carbocycles. The van der Waals surface area contributed by atoms with Gasteiger partial charge in [-0.1, -0.05) is 19.8 Å². The number of aryl methyl sites for hydroxylation is 1. The van der Waals surface area contributed by atoms with Crippen molar-refractivity contribution in [2.45, 2.75) is 39.5 Å². The van der Waals surface area contributed by atoms with E-state index < -0.39 is 0 Å². The monoisotopic (exact) mass is 235 g/mol. The van der Waals surface area contributed by atoms with Gasteiger partial charge in [0.2, 0.25) is 5.88 Å². The minimum atomic E-state index is 0.423. The summed E-state index contributed by atoms with van der Waals surface area (Å²) in [5.41, 5.74) is 0.423. The Bertz CT molecular complexity index is 386. The molecule has 0 saturated heterocycles. The Morgan fingerprint density at radius 2 is 2.06 bits per heavy atom. The SMILES string of the molecule is COc1cc(NCC2(C)CCCC2)nc(C)n1. The molecule has 94 valence electrons. The number of aromatic nitrogens is 2. The minimum absolute atomic E-state index is 0.423. The van der Waals surface area contributed by atoms with E-state index in [4.69, 9.17) is 4.74 Å². The molecule has 17 heavy (non-hydrogen) atoms. The van der Waals surface area contributed by atoms with Gasteiger partial charge in [0, 0.05) is 12.6 Å². The maximum Gasteiger partial charge on any atom is 0.218 e. The molecule has 0 amide bonds. The highest BCUT2D eigenvalue weighted by Gasteiger charge is 2.28. The second-order valence-corrected chi connectivity index (χ2v) is 5.21. The highest BCUT2D eigenvalue weighted by Crippen LogP contribution is 2.37. The minimum Gasteiger partial charge on any atom is -0.481 e. The Labute approximate surface area is 103 Å². The smallest absolute Gasteiger partial charge is 0.218 e. The first-order valence-corrected chi connectivity index (χ1v) is 6.25. The molecular weight excluding hydrogens is 214 g/mol. The van der Waals surface area contributed by atoms with Crippen molar-refractivity contribution in [1.82, 2.24) is 9.97 Å². The lowest BCUT2D eigenvalue weighted by Crippen LogP contribution is -2.23. The van der Waals surface area contributed by atoms with Crippen LogP contribution in [0.1, 0.15) is 38.4 Å². The van der Waals surface area contributed by atoms with E-state index in [9.17, 15) is 0 Å². The molecule has 0 spiro atoms. The number of nitrogens with one attached hydrogen (secondary N) is 1. The molecule has 0 atom stereocenters. The first-order valence-electron chi connectivity index (χ1n) is 6.25. The third-order valence-electron chi connectivity index (χ3n) is 3.53. The number of nitrogens with zero attached hydrogens (tertiary/aromatic N) is 2. The van der Waals surface area contributed by atoms with Gasteiger partial charge in [0.25, 0.3) is 0 Å². The van der Waals surface area contributed by atoms with Crippen LogP contribution in [-0.4, -0.2) is 23.6 Å². The summed E-state index contributed by atoms with van der Waals surface area (Å²) in [6, 6.07) is 1.85. The van der Waals surface area contributed by atoms with E-state index >= 15 is 0 Å². The maximum absolute atomic E-state index is 5.14. The topological polar surface area (TPSA) is 47.0 Å². The zero-order valence-corrected chi connectivity index (χ0v) is 10.9. The normalized spacial score (nSPS) is 18.1. The molecule has 0 unspecified atom stereocenters. The van der Waals surface area contributed by atoms with Crippen LogP contribution >= 0.6 is 0 Å². The first kappa shape index (κ1) is 12.1. The summed E-state index contributed by atoms with van der Waals surface area (Å²) in [7, 11) is 1.63. The van der Waals surface area contributed by atoms with E-state index in [1.807, 2.05) is 13.0 Å². The average Bonchev–Trinajstić information content (AvgIpc) is 2.73. The quantitative estimate of drug-likeness (QED) is 0.871. The lowest BCUT2D eigenvalue weighted by molar-refractivity contribution is 0.361. The molecule has 0 aliphatic heterocycles. The Morgan fingerprint density at radius 3 is 2.71 bits per heavy atom. The number of methoxy groups -OCH3 is 1. The fraction of sp³-hybridized carbons (Fsp3) is 0.692. The molecule has 1 aliphatic carbocycles. The third kappa shape index (κ3) is 3.08.